The number of hydrogen-bond acceptors (Lipinski definition) is 6. The van der Waals surface area contributed by atoms with Crippen LogP contribution in [0.1, 0.15) is 23.6 Å². The summed E-state index contributed by atoms with van der Waals surface area (Å²) in [7, 11) is 0. The van der Waals surface area contributed by atoms with Crippen molar-refractivity contribution in [2.45, 2.75) is 31.1 Å². The number of aryl methyl sites for hydroxylation is 1. The number of pyridine rings is 1. The molecule has 1 atom stereocenters. The Morgan fingerprint density at radius 3 is 2.84 bits per heavy atom. The number of hydrogen-bond donors (Lipinski definition) is 1. The fraction of sp³-hybridized carbons (Fsp3) is 0.227. The highest BCUT2D eigenvalue weighted by Gasteiger charge is 2.29. The summed E-state index contributed by atoms with van der Waals surface area (Å²) >= 11 is 1.50. The van der Waals surface area contributed by atoms with Crippen LogP contribution in [0.4, 0.5) is 0 Å². The van der Waals surface area contributed by atoms with Crippen LogP contribution in [0.2, 0.25) is 0 Å². The standard InChI is InChI=1S/C22H20N6O2S/c1-14-4-2-3-5-18(14)28-20-17(12-25-28)21(30)27-16(13-31-22(27)26-20)10-19(29)24-11-15-6-8-23-9-7-15/h2-9,12,16H,10-11,13H2,1H3,(H,24,29). The Labute approximate surface area is 182 Å². The van der Waals surface area contributed by atoms with Gasteiger partial charge in [0, 0.05) is 31.1 Å². The zero-order chi connectivity index (χ0) is 21.4. The Bertz CT molecular complexity index is 1330. The van der Waals surface area contributed by atoms with Gasteiger partial charge in [-0.25, -0.2) is 9.67 Å². The van der Waals surface area contributed by atoms with Gasteiger partial charge in [0.05, 0.1) is 17.9 Å². The predicted octanol–water partition coefficient (Wildman–Crippen LogP) is 2.64. The van der Waals surface area contributed by atoms with Gasteiger partial charge < -0.3 is 5.32 Å². The van der Waals surface area contributed by atoms with E-state index in [0.717, 1.165) is 16.8 Å². The van der Waals surface area contributed by atoms with E-state index in [1.165, 1.54) is 11.8 Å². The zero-order valence-corrected chi connectivity index (χ0v) is 17.7. The number of benzene rings is 1. The number of aromatic nitrogens is 5. The summed E-state index contributed by atoms with van der Waals surface area (Å²) in [6.07, 6.45) is 5.18. The SMILES string of the molecule is Cc1ccccc1-n1ncc2c(=O)n3c(nc21)SCC3CC(=O)NCc1ccncc1. The van der Waals surface area contributed by atoms with Gasteiger partial charge in [-0.2, -0.15) is 5.10 Å². The number of carbonyl (C=O) groups is 1. The second-order valence-electron chi connectivity index (χ2n) is 7.45. The molecular formula is C22H20N6O2S. The molecule has 0 radical (unpaired) electrons. The van der Waals surface area contributed by atoms with Crippen molar-refractivity contribution in [3.8, 4) is 5.69 Å². The Hall–Kier alpha value is -3.46. The van der Waals surface area contributed by atoms with E-state index in [-0.39, 0.29) is 23.9 Å². The fourth-order valence-electron chi connectivity index (χ4n) is 3.75. The van der Waals surface area contributed by atoms with E-state index in [4.69, 9.17) is 4.98 Å². The fourth-order valence-corrected chi connectivity index (χ4v) is 4.88. The molecule has 5 rings (SSSR count). The van der Waals surface area contributed by atoms with Crippen molar-refractivity contribution < 1.29 is 4.79 Å². The van der Waals surface area contributed by atoms with Crippen molar-refractivity contribution in [3.63, 3.8) is 0 Å². The summed E-state index contributed by atoms with van der Waals surface area (Å²) in [5.74, 6) is 0.535. The van der Waals surface area contributed by atoms with Crippen LogP contribution in [-0.2, 0) is 11.3 Å². The first-order valence-electron chi connectivity index (χ1n) is 9.96. The van der Waals surface area contributed by atoms with Crippen LogP contribution < -0.4 is 10.9 Å². The average Bonchev–Trinajstić information content (AvgIpc) is 3.38. The lowest BCUT2D eigenvalue weighted by Crippen LogP contribution is -2.30. The van der Waals surface area contributed by atoms with Crippen LogP contribution in [0.5, 0.6) is 0 Å². The van der Waals surface area contributed by atoms with E-state index < -0.39 is 0 Å². The van der Waals surface area contributed by atoms with Crippen molar-refractivity contribution in [2.75, 3.05) is 5.75 Å². The molecule has 1 aromatic carbocycles. The van der Waals surface area contributed by atoms with E-state index in [9.17, 15) is 9.59 Å². The van der Waals surface area contributed by atoms with Crippen LogP contribution in [0.3, 0.4) is 0 Å². The van der Waals surface area contributed by atoms with Crippen molar-refractivity contribution in [1.82, 2.24) is 29.6 Å². The second kappa shape index (κ2) is 7.99. The molecule has 1 N–H and O–H groups in total. The van der Waals surface area contributed by atoms with Crippen LogP contribution in [-0.4, -0.2) is 36.0 Å². The molecule has 0 bridgehead atoms. The first kappa shape index (κ1) is 19.5. The van der Waals surface area contributed by atoms with Crippen LogP contribution >= 0.6 is 11.8 Å². The van der Waals surface area contributed by atoms with E-state index >= 15 is 0 Å². The summed E-state index contributed by atoms with van der Waals surface area (Å²) in [5, 5.41) is 8.42. The second-order valence-corrected chi connectivity index (χ2v) is 8.44. The smallest absolute Gasteiger partial charge is 0.265 e. The quantitative estimate of drug-likeness (QED) is 0.487. The third-order valence-corrected chi connectivity index (χ3v) is 6.47. The van der Waals surface area contributed by atoms with Crippen LogP contribution in [0.15, 0.2) is 64.9 Å². The molecule has 4 aromatic rings. The highest BCUT2D eigenvalue weighted by Crippen LogP contribution is 2.33. The Balaban J connectivity index is 1.41. The highest BCUT2D eigenvalue weighted by atomic mass is 32.2. The first-order chi connectivity index (χ1) is 15.1. The molecule has 0 saturated heterocycles. The summed E-state index contributed by atoms with van der Waals surface area (Å²) in [5.41, 5.74) is 3.31. The van der Waals surface area contributed by atoms with Crippen molar-refractivity contribution in [1.29, 1.82) is 0 Å². The molecule has 0 fully saturated rings. The number of nitrogens with one attached hydrogen (secondary N) is 1. The number of rotatable bonds is 5. The largest absolute Gasteiger partial charge is 0.352 e. The molecule has 8 nitrogen and oxygen atoms in total. The number of thioether (sulfide) groups is 1. The maximum atomic E-state index is 13.2. The maximum Gasteiger partial charge on any atom is 0.265 e. The lowest BCUT2D eigenvalue weighted by Gasteiger charge is -2.13. The number of carbonyl (C=O) groups excluding carboxylic acids is 1. The minimum atomic E-state index is -0.233. The zero-order valence-electron chi connectivity index (χ0n) is 16.9. The molecule has 156 valence electrons. The van der Waals surface area contributed by atoms with Gasteiger partial charge in [0.2, 0.25) is 5.91 Å². The minimum Gasteiger partial charge on any atom is -0.352 e. The monoisotopic (exact) mass is 432 g/mol. The molecule has 0 saturated carbocycles. The molecule has 1 amide bonds. The predicted molar refractivity (Wildman–Crippen MR) is 118 cm³/mol. The van der Waals surface area contributed by atoms with Crippen molar-refractivity contribution in [3.05, 3.63) is 76.5 Å². The Morgan fingerprint density at radius 2 is 2.03 bits per heavy atom. The molecular weight excluding hydrogens is 412 g/mol. The Morgan fingerprint density at radius 1 is 1.23 bits per heavy atom. The summed E-state index contributed by atoms with van der Waals surface area (Å²) in [4.78, 5) is 34.4. The molecule has 1 unspecified atom stereocenters. The average molecular weight is 433 g/mol. The van der Waals surface area contributed by atoms with Gasteiger partial charge in [-0.15, -0.1) is 0 Å². The summed E-state index contributed by atoms with van der Waals surface area (Å²) < 4.78 is 3.35. The van der Waals surface area contributed by atoms with Crippen LogP contribution in [0.25, 0.3) is 16.7 Å². The molecule has 9 heteroatoms. The molecule has 4 heterocycles. The third-order valence-electron chi connectivity index (χ3n) is 5.37. The number of para-hydroxylation sites is 1. The van der Waals surface area contributed by atoms with E-state index in [1.54, 1.807) is 27.8 Å². The van der Waals surface area contributed by atoms with Gasteiger partial charge in [-0.1, -0.05) is 30.0 Å². The molecule has 1 aliphatic rings. The molecule has 1 aliphatic heterocycles. The summed E-state index contributed by atoms with van der Waals surface area (Å²) in [6.45, 7) is 2.43. The van der Waals surface area contributed by atoms with Gasteiger partial charge in [0.1, 0.15) is 5.39 Å². The first-order valence-corrected chi connectivity index (χ1v) is 10.9. The molecule has 31 heavy (non-hydrogen) atoms. The van der Waals surface area contributed by atoms with E-state index in [0.29, 0.717) is 28.5 Å². The van der Waals surface area contributed by atoms with Crippen molar-refractivity contribution >= 4 is 28.7 Å². The van der Waals surface area contributed by atoms with Gasteiger partial charge in [0.15, 0.2) is 10.8 Å². The van der Waals surface area contributed by atoms with Crippen LogP contribution in [0, 0.1) is 6.92 Å². The number of nitrogens with zero attached hydrogens (tertiary/aromatic N) is 5. The lowest BCUT2D eigenvalue weighted by molar-refractivity contribution is -0.121. The van der Waals surface area contributed by atoms with Gasteiger partial charge in [-0.3, -0.25) is 19.1 Å². The van der Waals surface area contributed by atoms with E-state index in [2.05, 4.69) is 15.4 Å². The topological polar surface area (TPSA) is 94.7 Å². The summed E-state index contributed by atoms with van der Waals surface area (Å²) in [6, 6.07) is 11.3. The minimum absolute atomic E-state index is 0.0992. The lowest BCUT2D eigenvalue weighted by atomic mass is 10.2. The number of fused-ring (bicyclic) bond motifs is 2. The molecule has 0 aliphatic carbocycles. The molecule has 0 spiro atoms. The normalized spacial score (nSPS) is 15.2. The van der Waals surface area contributed by atoms with Crippen molar-refractivity contribution in [2.24, 2.45) is 0 Å². The van der Waals surface area contributed by atoms with E-state index in [1.807, 2.05) is 43.3 Å². The highest BCUT2D eigenvalue weighted by molar-refractivity contribution is 7.99. The third kappa shape index (κ3) is 3.61. The van der Waals surface area contributed by atoms with Gasteiger partial charge in [0.25, 0.3) is 5.56 Å². The van der Waals surface area contributed by atoms with Gasteiger partial charge in [-0.05, 0) is 36.2 Å². The number of amides is 1. The Kier molecular flexibility index (Phi) is 5.03. The molecule has 3 aromatic heterocycles. The van der Waals surface area contributed by atoms with Gasteiger partial charge >= 0.3 is 0 Å². The maximum absolute atomic E-state index is 13.2.